The monoisotopic (exact) mass is 265 g/mol. The molecule has 1 heterocycles. The van der Waals surface area contributed by atoms with Crippen LogP contribution in [0.1, 0.15) is 6.42 Å². The summed E-state index contributed by atoms with van der Waals surface area (Å²) in [6, 6.07) is -1.21. The molecular formula is C13H15NO5. The minimum absolute atomic E-state index is 0.0911. The predicted octanol–water partition coefficient (Wildman–Crippen LogP) is -0.673. The van der Waals surface area contributed by atoms with E-state index in [0.29, 0.717) is 0 Å². The zero-order valence-corrected chi connectivity index (χ0v) is 10.5. The van der Waals surface area contributed by atoms with Gasteiger partial charge in [-0.25, -0.2) is 4.79 Å². The summed E-state index contributed by atoms with van der Waals surface area (Å²) >= 11 is 0. The number of esters is 1. The lowest BCUT2D eigenvalue weighted by Gasteiger charge is -2.23. The van der Waals surface area contributed by atoms with Crippen molar-refractivity contribution in [3.05, 3.63) is 12.2 Å². The molecule has 1 aliphatic heterocycles. The highest BCUT2D eigenvalue weighted by Crippen LogP contribution is 2.52. The van der Waals surface area contributed by atoms with Crippen LogP contribution in [-0.4, -0.2) is 47.5 Å². The number of hydrogen-bond acceptors (Lipinski definition) is 5. The molecule has 1 N–H and O–H groups in total. The van der Waals surface area contributed by atoms with E-state index in [0.717, 1.165) is 11.3 Å². The smallest absolute Gasteiger partial charge is 0.331 e. The summed E-state index contributed by atoms with van der Waals surface area (Å²) in [6.45, 7) is -0.605. The highest BCUT2D eigenvalue weighted by molar-refractivity contribution is 6.08. The largest absolute Gasteiger partial charge is 0.467 e. The maximum atomic E-state index is 12.4. The molecule has 3 aliphatic rings. The Morgan fingerprint density at radius 3 is 2.32 bits per heavy atom. The minimum atomic E-state index is -1.21. The summed E-state index contributed by atoms with van der Waals surface area (Å²) in [5, 5.41) is 9.27. The average molecular weight is 265 g/mol. The molecule has 0 aromatic carbocycles. The van der Waals surface area contributed by atoms with E-state index in [2.05, 4.69) is 4.74 Å². The number of aliphatic hydroxyl groups is 1. The Kier molecular flexibility index (Phi) is 2.70. The van der Waals surface area contributed by atoms with Crippen LogP contribution >= 0.6 is 0 Å². The molecule has 2 amide bonds. The van der Waals surface area contributed by atoms with Crippen LogP contribution in [0.4, 0.5) is 0 Å². The molecule has 2 fully saturated rings. The van der Waals surface area contributed by atoms with Gasteiger partial charge in [0, 0.05) is 0 Å². The summed E-state index contributed by atoms with van der Waals surface area (Å²) in [4.78, 5) is 37.2. The molecule has 0 aromatic rings. The van der Waals surface area contributed by atoms with Gasteiger partial charge in [0.2, 0.25) is 11.8 Å². The van der Waals surface area contributed by atoms with E-state index < -0.39 is 18.6 Å². The first-order chi connectivity index (χ1) is 9.10. The number of ether oxygens (including phenoxy) is 1. The van der Waals surface area contributed by atoms with Gasteiger partial charge in [-0.2, -0.15) is 0 Å². The molecule has 19 heavy (non-hydrogen) atoms. The lowest BCUT2D eigenvalue weighted by atomic mass is 9.85. The van der Waals surface area contributed by atoms with E-state index in [1.165, 1.54) is 7.11 Å². The van der Waals surface area contributed by atoms with Gasteiger partial charge in [0.05, 0.1) is 25.6 Å². The lowest BCUT2D eigenvalue weighted by Crippen LogP contribution is -2.48. The number of allylic oxidation sites excluding steroid dienone is 2. The van der Waals surface area contributed by atoms with Crippen molar-refractivity contribution in [2.45, 2.75) is 12.5 Å². The van der Waals surface area contributed by atoms with Gasteiger partial charge in [0.25, 0.3) is 0 Å². The van der Waals surface area contributed by atoms with E-state index >= 15 is 0 Å². The van der Waals surface area contributed by atoms with Crippen LogP contribution in [0.25, 0.3) is 0 Å². The van der Waals surface area contributed by atoms with Crippen LogP contribution in [0, 0.1) is 23.7 Å². The number of methoxy groups -OCH3 is 1. The number of hydrogen-bond donors (Lipinski definition) is 1. The molecule has 5 atom stereocenters. The van der Waals surface area contributed by atoms with Crippen LogP contribution in [-0.2, 0) is 19.1 Å². The van der Waals surface area contributed by atoms with Gasteiger partial charge in [-0.15, -0.1) is 0 Å². The second-order valence-electron chi connectivity index (χ2n) is 5.27. The van der Waals surface area contributed by atoms with E-state index in [1.807, 2.05) is 12.2 Å². The third kappa shape index (κ3) is 1.49. The van der Waals surface area contributed by atoms with E-state index in [9.17, 15) is 19.5 Å². The van der Waals surface area contributed by atoms with Crippen molar-refractivity contribution in [2.75, 3.05) is 13.7 Å². The van der Waals surface area contributed by atoms with Crippen LogP contribution in [0.3, 0.4) is 0 Å². The number of rotatable bonds is 3. The van der Waals surface area contributed by atoms with Crippen LogP contribution in [0.15, 0.2) is 12.2 Å². The molecule has 1 saturated carbocycles. The van der Waals surface area contributed by atoms with Gasteiger partial charge < -0.3 is 9.84 Å². The van der Waals surface area contributed by atoms with Crippen molar-refractivity contribution < 1.29 is 24.2 Å². The Morgan fingerprint density at radius 1 is 1.37 bits per heavy atom. The maximum Gasteiger partial charge on any atom is 0.331 e. The Labute approximate surface area is 110 Å². The number of nitrogens with zero attached hydrogens (tertiary/aromatic N) is 1. The van der Waals surface area contributed by atoms with E-state index in [-0.39, 0.29) is 35.5 Å². The van der Waals surface area contributed by atoms with E-state index in [1.54, 1.807) is 0 Å². The molecule has 3 rings (SSSR count). The minimum Gasteiger partial charge on any atom is -0.467 e. The fourth-order valence-corrected chi connectivity index (χ4v) is 3.63. The van der Waals surface area contributed by atoms with Gasteiger partial charge in [-0.3, -0.25) is 14.5 Å². The third-order valence-corrected chi connectivity index (χ3v) is 4.46. The molecule has 1 saturated heterocycles. The molecule has 2 aliphatic carbocycles. The normalized spacial score (nSPS) is 36.8. The van der Waals surface area contributed by atoms with Crippen LogP contribution < -0.4 is 0 Å². The number of imide groups is 1. The van der Waals surface area contributed by atoms with Crippen molar-refractivity contribution in [1.82, 2.24) is 4.90 Å². The van der Waals surface area contributed by atoms with E-state index in [4.69, 9.17) is 0 Å². The Morgan fingerprint density at radius 2 is 1.89 bits per heavy atom. The SMILES string of the molecule is COC(=O)[C@@H](CO)N1C(=O)[C@@H]2[C@H](C1=O)[C@H]1C=C[C@H]2C1. The highest BCUT2D eigenvalue weighted by atomic mass is 16.5. The average Bonchev–Trinajstić information content (AvgIpc) is 3.07. The quantitative estimate of drug-likeness (QED) is 0.415. The number of likely N-dealkylation sites (tertiary alicyclic amines) is 1. The van der Waals surface area contributed by atoms with Gasteiger partial charge in [0.15, 0.2) is 6.04 Å². The van der Waals surface area contributed by atoms with Crippen molar-refractivity contribution in [3.8, 4) is 0 Å². The number of fused-ring (bicyclic) bond motifs is 5. The molecule has 0 spiro atoms. The number of amides is 2. The predicted molar refractivity (Wildman–Crippen MR) is 62.5 cm³/mol. The molecule has 2 bridgehead atoms. The molecule has 6 nitrogen and oxygen atoms in total. The number of carbonyl (C=O) groups is 3. The Bertz CT molecular complexity index is 455. The number of carbonyl (C=O) groups excluding carboxylic acids is 3. The fraction of sp³-hybridized carbons (Fsp3) is 0.615. The molecule has 0 radical (unpaired) electrons. The first kappa shape index (κ1) is 12.3. The van der Waals surface area contributed by atoms with Gasteiger partial charge in [-0.05, 0) is 18.3 Å². The van der Waals surface area contributed by atoms with Crippen molar-refractivity contribution in [3.63, 3.8) is 0 Å². The maximum absolute atomic E-state index is 12.4. The Hall–Kier alpha value is -1.69. The van der Waals surface area contributed by atoms with Gasteiger partial charge in [-0.1, -0.05) is 12.2 Å². The zero-order chi connectivity index (χ0) is 13.7. The summed E-state index contributed by atoms with van der Waals surface area (Å²) in [5.41, 5.74) is 0. The summed E-state index contributed by atoms with van der Waals surface area (Å²) in [6.07, 6.45) is 4.79. The summed E-state index contributed by atoms with van der Waals surface area (Å²) in [7, 11) is 1.17. The van der Waals surface area contributed by atoms with Crippen LogP contribution in [0.5, 0.6) is 0 Å². The molecule has 6 heteroatoms. The molecule has 102 valence electrons. The third-order valence-electron chi connectivity index (χ3n) is 4.46. The van der Waals surface area contributed by atoms with Crippen molar-refractivity contribution in [2.24, 2.45) is 23.7 Å². The fourth-order valence-electron chi connectivity index (χ4n) is 3.63. The highest BCUT2D eigenvalue weighted by Gasteiger charge is 2.61. The van der Waals surface area contributed by atoms with Gasteiger partial charge in [0.1, 0.15) is 0 Å². The van der Waals surface area contributed by atoms with Crippen LogP contribution in [0.2, 0.25) is 0 Å². The summed E-state index contributed by atoms with van der Waals surface area (Å²) in [5.74, 6) is -2.00. The topological polar surface area (TPSA) is 83.9 Å². The second kappa shape index (κ2) is 4.16. The molecular weight excluding hydrogens is 250 g/mol. The van der Waals surface area contributed by atoms with Gasteiger partial charge >= 0.3 is 5.97 Å². The molecule has 0 unspecified atom stereocenters. The second-order valence-corrected chi connectivity index (χ2v) is 5.27. The first-order valence-corrected chi connectivity index (χ1v) is 6.34. The summed E-state index contributed by atoms with van der Waals surface area (Å²) < 4.78 is 4.54. The first-order valence-electron chi connectivity index (χ1n) is 6.34. The lowest BCUT2D eigenvalue weighted by molar-refractivity contribution is -0.159. The standard InChI is InChI=1S/C13H15NO5/c1-19-13(18)8(5-15)14-11(16)9-6-2-3-7(4-6)10(9)12(14)17/h2-3,6-10,15H,4-5H2,1H3/t6-,7-,8+,9-,10+/m0/s1. The van der Waals surface area contributed by atoms with Crippen molar-refractivity contribution >= 4 is 17.8 Å². The Balaban J connectivity index is 1.91. The zero-order valence-electron chi connectivity index (χ0n) is 10.5. The van der Waals surface area contributed by atoms with Crippen molar-refractivity contribution in [1.29, 1.82) is 0 Å². The molecule has 0 aromatic heterocycles. The number of aliphatic hydroxyl groups excluding tert-OH is 1.